The van der Waals surface area contributed by atoms with Gasteiger partial charge < -0.3 is 10.2 Å². The van der Waals surface area contributed by atoms with Crippen LogP contribution < -0.4 is 10.2 Å². The van der Waals surface area contributed by atoms with E-state index in [2.05, 4.69) is 48.5 Å². The summed E-state index contributed by atoms with van der Waals surface area (Å²) in [6.07, 6.45) is 1.70. The molecule has 2 atom stereocenters. The Hall–Kier alpha value is -1.65. The number of likely N-dealkylation sites (N-methyl/N-ethyl adjacent to an activating group) is 1. The fraction of sp³-hybridized carbons (Fsp3) is 0.333. The highest BCUT2D eigenvalue weighted by Crippen LogP contribution is 2.11. The number of hydrogen-bond donors (Lipinski definition) is 1. The van der Waals surface area contributed by atoms with Gasteiger partial charge in [0.2, 0.25) is 0 Å². The number of nitrogens with zero attached hydrogens (tertiary/aromatic N) is 1. The van der Waals surface area contributed by atoms with Crippen molar-refractivity contribution in [1.82, 2.24) is 5.32 Å². The molecule has 2 rings (SSSR count). The lowest BCUT2D eigenvalue weighted by molar-refractivity contribution is 0.546. The molecule has 22 heavy (non-hydrogen) atoms. The Kier molecular flexibility index (Phi) is 6.16. The van der Waals surface area contributed by atoms with Crippen LogP contribution in [0.4, 0.5) is 5.69 Å². The highest BCUT2D eigenvalue weighted by Gasteiger charge is 2.07. The molecule has 0 aliphatic heterocycles. The molecule has 1 N–H and O–H groups in total. The zero-order chi connectivity index (χ0) is 15.9. The van der Waals surface area contributed by atoms with Gasteiger partial charge in [-0.05, 0) is 36.8 Å². The van der Waals surface area contributed by atoms with Gasteiger partial charge >= 0.3 is 0 Å². The summed E-state index contributed by atoms with van der Waals surface area (Å²) in [5.41, 5.74) is 2.44. The number of para-hydroxylation sites is 1. The summed E-state index contributed by atoms with van der Waals surface area (Å²) in [5.74, 6) is 0. The minimum absolute atomic E-state index is 0.380. The molecule has 2 aromatic carbocycles. The molecule has 0 saturated carbocycles. The van der Waals surface area contributed by atoms with E-state index in [9.17, 15) is 4.21 Å². The molecule has 0 spiro atoms. The fourth-order valence-corrected chi connectivity index (χ4v) is 2.87. The Morgan fingerprint density at radius 1 is 1.09 bits per heavy atom. The van der Waals surface area contributed by atoms with E-state index in [1.807, 2.05) is 30.3 Å². The molecule has 0 heterocycles. The third-order valence-electron chi connectivity index (χ3n) is 3.65. The molecule has 2 aromatic rings. The lowest BCUT2D eigenvalue weighted by Gasteiger charge is -2.24. The van der Waals surface area contributed by atoms with Gasteiger partial charge in [0, 0.05) is 53.8 Å². The summed E-state index contributed by atoms with van der Waals surface area (Å²) in [5, 5.41) is 3.53. The van der Waals surface area contributed by atoms with Crippen molar-refractivity contribution in [2.24, 2.45) is 0 Å². The van der Waals surface area contributed by atoms with E-state index in [-0.39, 0.29) is 0 Å². The Bertz CT molecular complexity index is 598. The minimum Gasteiger partial charge on any atom is -0.373 e. The van der Waals surface area contributed by atoms with Crippen LogP contribution in [0.3, 0.4) is 0 Å². The van der Waals surface area contributed by atoms with Crippen LogP contribution in [-0.2, 0) is 17.3 Å². The highest BCUT2D eigenvalue weighted by atomic mass is 32.2. The smallest absolute Gasteiger partial charge is 0.0498 e. The van der Waals surface area contributed by atoms with Crippen molar-refractivity contribution in [2.75, 3.05) is 24.7 Å². The van der Waals surface area contributed by atoms with E-state index in [4.69, 9.17) is 0 Å². The predicted octanol–water partition coefficient (Wildman–Crippen LogP) is 3.04. The number of anilines is 1. The predicted molar refractivity (Wildman–Crippen MR) is 94.8 cm³/mol. The first-order valence-corrected chi connectivity index (χ1v) is 9.04. The summed E-state index contributed by atoms with van der Waals surface area (Å²) >= 11 is 0. The molecular formula is C18H24N2OS. The molecule has 0 amide bonds. The second-order valence-electron chi connectivity index (χ2n) is 5.60. The number of rotatable bonds is 7. The minimum atomic E-state index is -0.906. The molecule has 118 valence electrons. The van der Waals surface area contributed by atoms with Crippen molar-refractivity contribution >= 4 is 16.5 Å². The maximum Gasteiger partial charge on any atom is 0.0498 e. The third-order valence-corrected chi connectivity index (χ3v) is 4.59. The average molecular weight is 316 g/mol. The molecule has 0 saturated heterocycles. The molecular weight excluding hydrogens is 292 g/mol. The van der Waals surface area contributed by atoms with Gasteiger partial charge in [0.05, 0.1) is 0 Å². The van der Waals surface area contributed by atoms with Gasteiger partial charge in [-0.2, -0.15) is 0 Å². The van der Waals surface area contributed by atoms with E-state index in [1.165, 1.54) is 11.3 Å². The SMILES string of the molecule is CC(CN(C)c1ccccc1)NCc1ccc(S(C)=O)cc1. The lowest BCUT2D eigenvalue weighted by atomic mass is 10.2. The van der Waals surface area contributed by atoms with E-state index in [0.29, 0.717) is 6.04 Å². The maximum atomic E-state index is 11.4. The first-order chi connectivity index (χ1) is 10.6. The van der Waals surface area contributed by atoms with Crippen molar-refractivity contribution in [3.05, 3.63) is 60.2 Å². The van der Waals surface area contributed by atoms with Gasteiger partial charge in [-0.15, -0.1) is 0 Å². The molecule has 0 aliphatic carbocycles. The largest absolute Gasteiger partial charge is 0.373 e. The van der Waals surface area contributed by atoms with E-state index in [0.717, 1.165) is 18.0 Å². The van der Waals surface area contributed by atoms with Crippen molar-refractivity contribution in [3.8, 4) is 0 Å². The van der Waals surface area contributed by atoms with Crippen LogP contribution in [0.1, 0.15) is 12.5 Å². The van der Waals surface area contributed by atoms with Gasteiger partial charge in [-0.25, -0.2) is 0 Å². The number of nitrogens with one attached hydrogen (secondary N) is 1. The van der Waals surface area contributed by atoms with E-state index in [1.54, 1.807) is 6.26 Å². The van der Waals surface area contributed by atoms with Crippen LogP contribution >= 0.6 is 0 Å². The van der Waals surface area contributed by atoms with Gasteiger partial charge in [0.1, 0.15) is 0 Å². The number of benzene rings is 2. The zero-order valence-electron chi connectivity index (χ0n) is 13.5. The van der Waals surface area contributed by atoms with Crippen LogP contribution in [0.2, 0.25) is 0 Å². The van der Waals surface area contributed by atoms with Crippen molar-refractivity contribution in [1.29, 1.82) is 0 Å². The second kappa shape index (κ2) is 8.11. The van der Waals surface area contributed by atoms with Gasteiger partial charge in [-0.3, -0.25) is 4.21 Å². The molecule has 2 unspecified atom stereocenters. The molecule has 3 nitrogen and oxygen atoms in total. The van der Waals surface area contributed by atoms with Crippen LogP contribution in [0.5, 0.6) is 0 Å². The maximum absolute atomic E-state index is 11.4. The van der Waals surface area contributed by atoms with Crippen LogP contribution in [0.15, 0.2) is 59.5 Å². The summed E-state index contributed by atoms with van der Waals surface area (Å²) in [4.78, 5) is 3.13. The van der Waals surface area contributed by atoms with Crippen molar-refractivity contribution in [3.63, 3.8) is 0 Å². The Morgan fingerprint density at radius 3 is 2.32 bits per heavy atom. The topological polar surface area (TPSA) is 32.3 Å². The summed E-state index contributed by atoms with van der Waals surface area (Å²) in [6, 6.07) is 18.7. The first kappa shape index (κ1) is 16.7. The molecule has 0 radical (unpaired) electrons. The monoisotopic (exact) mass is 316 g/mol. The summed E-state index contributed by atoms with van der Waals surface area (Å²) in [7, 11) is 1.20. The lowest BCUT2D eigenvalue weighted by Crippen LogP contribution is -2.37. The van der Waals surface area contributed by atoms with E-state index >= 15 is 0 Å². The standard InChI is InChI=1S/C18H24N2OS/c1-15(14-20(2)17-7-5-4-6-8-17)19-13-16-9-11-18(12-10-16)22(3)21/h4-12,15,19H,13-14H2,1-3H3. The Labute approximate surface area is 135 Å². The van der Waals surface area contributed by atoms with Gasteiger partial charge in [-0.1, -0.05) is 30.3 Å². The fourth-order valence-electron chi connectivity index (χ4n) is 2.35. The molecule has 0 bridgehead atoms. The number of hydrogen-bond acceptors (Lipinski definition) is 3. The second-order valence-corrected chi connectivity index (χ2v) is 6.98. The molecule has 0 aliphatic rings. The molecule has 4 heteroatoms. The average Bonchev–Trinajstić information content (AvgIpc) is 2.54. The summed E-state index contributed by atoms with van der Waals surface area (Å²) in [6.45, 7) is 3.95. The molecule has 0 fully saturated rings. The highest BCUT2D eigenvalue weighted by molar-refractivity contribution is 7.84. The normalized spacial score (nSPS) is 13.6. The van der Waals surface area contributed by atoms with Gasteiger partial charge in [0.15, 0.2) is 0 Å². The first-order valence-electron chi connectivity index (χ1n) is 7.48. The third kappa shape index (κ3) is 4.97. The summed E-state index contributed by atoms with van der Waals surface area (Å²) < 4.78 is 11.4. The Morgan fingerprint density at radius 2 is 1.73 bits per heavy atom. The van der Waals surface area contributed by atoms with Crippen LogP contribution in [0.25, 0.3) is 0 Å². The van der Waals surface area contributed by atoms with Gasteiger partial charge in [0.25, 0.3) is 0 Å². The van der Waals surface area contributed by atoms with Crippen LogP contribution in [-0.4, -0.2) is 30.1 Å². The quantitative estimate of drug-likeness (QED) is 0.852. The Balaban J connectivity index is 1.82. The zero-order valence-corrected chi connectivity index (χ0v) is 14.3. The van der Waals surface area contributed by atoms with Crippen molar-refractivity contribution < 1.29 is 4.21 Å². The van der Waals surface area contributed by atoms with E-state index < -0.39 is 10.8 Å². The van der Waals surface area contributed by atoms with Crippen molar-refractivity contribution in [2.45, 2.75) is 24.4 Å². The van der Waals surface area contributed by atoms with Crippen LogP contribution in [0, 0.1) is 0 Å². The molecule has 0 aromatic heterocycles.